The molecule has 0 atom stereocenters. The minimum absolute atomic E-state index is 0.358. The lowest BCUT2D eigenvalue weighted by Gasteiger charge is -2.09. The fraction of sp³-hybridized carbons (Fsp3) is 0.176. The van der Waals surface area contributed by atoms with E-state index in [1.807, 2.05) is 6.07 Å². The Morgan fingerprint density at radius 3 is 2.43 bits per heavy atom. The Balaban J connectivity index is 2.17. The maximum absolute atomic E-state index is 12.1. The molecule has 1 amide bonds. The molecule has 0 aliphatic heterocycles. The van der Waals surface area contributed by atoms with Crippen molar-refractivity contribution in [1.82, 2.24) is 5.43 Å². The number of rotatable bonds is 5. The lowest BCUT2D eigenvalue weighted by molar-refractivity contribution is 0.0955. The maximum Gasteiger partial charge on any atom is 0.273 e. The molecule has 2 aromatic rings. The van der Waals surface area contributed by atoms with Crippen molar-refractivity contribution < 1.29 is 14.3 Å². The maximum atomic E-state index is 12.1. The van der Waals surface area contributed by atoms with Crippen molar-refractivity contribution in [2.75, 3.05) is 20.0 Å². The highest BCUT2D eigenvalue weighted by molar-refractivity contribution is 6.02. The highest BCUT2D eigenvalue weighted by Gasteiger charge is 2.09. The van der Waals surface area contributed by atoms with Gasteiger partial charge in [0, 0.05) is 11.3 Å². The Hall–Kier alpha value is -3.02. The molecule has 0 radical (unpaired) electrons. The van der Waals surface area contributed by atoms with Crippen LogP contribution >= 0.6 is 0 Å². The predicted octanol–water partition coefficient (Wildman–Crippen LogP) is 2.44. The van der Waals surface area contributed by atoms with Crippen LogP contribution in [-0.2, 0) is 0 Å². The van der Waals surface area contributed by atoms with Gasteiger partial charge in [-0.1, -0.05) is 12.1 Å². The van der Waals surface area contributed by atoms with E-state index in [0.29, 0.717) is 28.5 Å². The average molecular weight is 313 g/mol. The summed E-state index contributed by atoms with van der Waals surface area (Å²) in [6.07, 6.45) is 0. The zero-order valence-corrected chi connectivity index (χ0v) is 13.3. The van der Waals surface area contributed by atoms with Gasteiger partial charge in [0.15, 0.2) is 11.5 Å². The van der Waals surface area contributed by atoms with E-state index in [2.05, 4.69) is 10.5 Å². The lowest BCUT2D eigenvalue weighted by Crippen LogP contribution is -2.20. The molecule has 6 nitrogen and oxygen atoms in total. The highest BCUT2D eigenvalue weighted by atomic mass is 16.5. The van der Waals surface area contributed by atoms with Crippen LogP contribution < -0.4 is 20.6 Å². The van der Waals surface area contributed by atoms with E-state index in [9.17, 15) is 4.79 Å². The molecule has 2 rings (SSSR count). The third-order valence-electron chi connectivity index (χ3n) is 3.33. The zero-order chi connectivity index (χ0) is 16.8. The average Bonchev–Trinajstić information content (AvgIpc) is 2.59. The number of hydrazone groups is 1. The van der Waals surface area contributed by atoms with Gasteiger partial charge in [0.25, 0.3) is 5.91 Å². The summed E-state index contributed by atoms with van der Waals surface area (Å²) in [6.45, 7) is 1.79. The number of hydrogen-bond acceptors (Lipinski definition) is 5. The Morgan fingerprint density at radius 1 is 1.09 bits per heavy atom. The molecule has 0 saturated heterocycles. The van der Waals surface area contributed by atoms with Gasteiger partial charge >= 0.3 is 0 Å². The normalized spacial score (nSPS) is 11.0. The molecular weight excluding hydrogens is 294 g/mol. The van der Waals surface area contributed by atoms with Crippen molar-refractivity contribution in [3.63, 3.8) is 0 Å². The van der Waals surface area contributed by atoms with Gasteiger partial charge in [-0.3, -0.25) is 4.79 Å². The molecule has 23 heavy (non-hydrogen) atoms. The Kier molecular flexibility index (Phi) is 5.19. The van der Waals surface area contributed by atoms with Gasteiger partial charge < -0.3 is 15.2 Å². The number of benzene rings is 2. The summed E-state index contributed by atoms with van der Waals surface area (Å²) in [7, 11) is 3.14. The van der Waals surface area contributed by atoms with Gasteiger partial charge in [-0.15, -0.1) is 0 Å². The molecule has 0 saturated carbocycles. The molecule has 0 bridgehead atoms. The second kappa shape index (κ2) is 7.31. The van der Waals surface area contributed by atoms with Gasteiger partial charge in [0.05, 0.1) is 25.5 Å². The van der Waals surface area contributed by atoms with Crippen LogP contribution in [0.25, 0.3) is 0 Å². The Morgan fingerprint density at radius 2 is 1.78 bits per heavy atom. The fourth-order valence-corrected chi connectivity index (χ4v) is 2.02. The van der Waals surface area contributed by atoms with Crippen LogP contribution in [0.3, 0.4) is 0 Å². The Bertz CT molecular complexity index is 742. The monoisotopic (exact) mass is 313 g/mol. The lowest BCUT2D eigenvalue weighted by atomic mass is 10.1. The third-order valence-corrected chi connectivity index (χ3v) is 3.33. The van der Waals surface area contributed by atoms with Gasteiger partial charge in [-0.05, 0) is 37.3 Å². The largest absolute Gasteiger partial charge is 0.493 e. The minimum Gasteiger partial charge on any atom is -0.493 e. The number of para-hydroxylation sites is 1. The number of carbonyl (C=O) groups is 1. The summed E-state index contributed by atoms with van der Waals surface area (Å²) < 4.78 is 10.4. The van der Waals surface area contributed by atoms with E-state index in [4.69, 9.17) is 15.2 Å². The van der Waals surface area contributed by atoms with Crippen LogP contribution in [0, 0.1) is 0 Å². The number of anilines is 1. The third kappa shape index (κ3) is 3.79. The fourth-order valence-electron chi connectivity index (χ4n) is 2.02. The molecule has 0 fully saturated rings. The van der Waals surface area contributed by atoms with E-state index in [-0.39, 0.29) is 5.91 Å². The highest BCUT2D eigenvalue weighted by Crippen LogP contribution is 2.27. The second-order valence-corrected chi connectivity index (χ2v) is 4.80. The standard InChI is InChI=1S/C17H19N3O3/c1-11(12-8-9-15(22-2)16(10-12)23-3)19-20-17(21)13-6-4-5-7-14(13)18/h4-10H,18H2,1-3H3,(H,20,21)/b19-11-. The molecule has 2 aromatic carbocycles. The molecule has 0 heterocycles. The quantitative estimate of drug-likeness (QED) is 0.504. The van der Waals surface area contributed by atoms with Crippen molar-refractivity contribution >= 4 is 17.3 Å². The van der Waals surface area contributed by atoms with E-state index in [1.54, 1.807) is 57.5 Å². The van der Waals surface area contributed by atoms with Crippen LogP contribution in [0.4, 0.5) is 5.69 Å². The number of nitrogens with zero attached hydrogens (tertiary/aromatic N) is 1. The summed E-state index contributed by atoms with van der Waals surface area (Å²) in [5.41, 5.74) is 10.5. The number of nitrogens with one attached hydrogen (secondary N) is 1. The number of carbonyl (C=O) groups excluding carboxylic acids is 1. The first-order valence-corrected chi connectivity index (χ1v) is 6.98. The summed E-state index contributed by atoms with van der Waals surface area (Å²) in [5, 5.41) is 4.11. The molecule has 0 aliphatic carbocycles. The van der Waals surface area contributed by atoms with Gasteiger partial charge in [-0.2, -0.15) is 5.10 Å². The molecule has 3 N–H and O–H groups in total. The van der Waals surface area contributed by atoms with E-state index in [1.165, 1.54) is 0 Å². The van der Waals surface area contributed by atoms with Crippen molar-refractivity contribution in [3.05, 3.63) is 53.6 Å². The van der Waals surface area contributed by atoms with Gasteiger partial charge in [0.2, 0.25) is 0 Å². The topological polar surface area (TPSA) is 85.9 Å². The minimum atomic E-state index is -0.358. The van der Waals surface area contributed by atoms with Crippen LogP contribution in [0.1, 0.15) is 22.8 Å². The molecule has 120 valence electrons. The van der Waals surface area contributed by atoms with Crippen LogP contribution in [0.15, 0.2) is 47.6 Å². The van der Waals surface area contributed by atoms with Crippen molar-refractivity contribution in [2.24, 2.45) is 5.10 Å². The van der Waals surface area contributed by atoms with Crippen molar-refractivity contribution in [3.8, 4) is 11.5 Å². The molecule has 0 aromatic heterocycles. The first-order chi connectivity index (χ1) is 11.1. The zero-order valence-electron chi connectivity index (χ0n) is 13.3. The summed E-state index contributed by atoms with van der Waals surface area (Å²) in [5.74, 6) is 0.867. The summed E-state index contributed by atoms with van der Waals surface area (Å²) in [6, 6.07) is 12.2. The first kappa shape index (κ1) is 16.4. The molecule has 0 aliphatic rings. The van der Waals surface area contributed by atoms with Gasteiger partial charge in [-0.25, -0.2) is 5.43 Å². The number of methoxy groups -OCH3 is 2. The Labute approximate surface area is 134 Å². The van der Waals surface area contributed by atoms with E-state index < -0.39 is 0 Å². The molecule has 6 heteroatoms. The summed E-state index contributed by atoms with van der Waals surface area (Å²) >= 11 is 0. The SMILES string of the molecule is COc1ccc(/C(C)=N\NC(=O)c2ccccc2N)cc1OC. The van der Waals surface area contributed by atoms with Crippen LogP contribution in [0.2, 0.25) is 0 Å². The molecule has 0 spiro atoms. The number of hydrogen-bond donors (Lipinski definition) is 2. The van der Waals surface area contributed by atoms with E-state index in [0.717, 1.165) is 5.56 Å². The number of nitrogen functional groups attached to an aromatic ring is 1. The number of nitrogens with two attached hydrogens (primary N) is 1. The van der Waals surface area contributed by atoms with E-state index >= 15 is 0 Å². The first-order valence-electron chi connectivity index (χ1n) is 6.98. The second-order valence-electron chi connectivity index (χ2n) is 4.80. The van der Waals surface area contributed by atoms with Crippen molar-refractivity contribution in [2.45, 2.75) is 6.92 Å². The van der Waals surface area contributed by atoms with Crippen LogP contribution in [0.5, 0.6) is 11.5 Å². The molecule has 0 unspecified atom stereocenters. The van der Waals surface area contributed by atoms with Crippen molar-refractivity contribution in [1.29, 1.82) is 0 Å². The van der Waals surface area contributed by atoms with Gasteiger partial charge in [0.1, 0.15) is 0 Å². The van der Waals surface area contributed by atoms with Crippen LogP contribution in [-0.4, -0.2) is 25.8 Å². The molecular formula is C17H19N3O3. The number of ether oxygens (including phenoxy) is 2. The smallest absolute Gasteiger partial charge is 0.273 e. The summed E-state index contributed by atoms with van der Waals surface area (Å²) in [4.78, 5) is 12.1. The predicted molar refractivity (Wildman–Crippen MR) is 90.1 cm³/mol. The number of amides is 1.